The summed E-state index contributed by atoms with van der Waals surface area (Å²) in [4.78, 5) is 0. The van der Waals surface area contributed by atoms with Gasteiger partial charge in [-0.25, -0.2) is 0 Å². The minimum Gasteiger partial charge on any atom is -0.472 e. The molecule has 1 unspecified atom stereocenters. The first-order valence-corrected chi connectivity index (χ1v) is 4.45. The van der Waals surface area contributed by atoms with Crippen molar-refractivity contribution in [2.45, 2.75) is 25.1 Å². The zero-order valence-electron chi connectivity index (χ0n) is 7.40. The van der Waals surface area contributed by atoms with E-state index in [4.69, 9.17) is 0 Å². The van der Waals surface area contributed by atoms with Crippen molar-refractivity contribution >= 4 is 0 Å². The number of furan rings is 1. The Morgan fingerprint density at radius 2 is 2.14 bits per heavy atom. The minimum absolute atomic E-state index is 0.203. The molecule has 0 amide bonds. The van der Waals surface area contributed by atoms with Crippen LogP contribution in [0.15, 0.2) is 16.9 Å². The first-order chi connectivity index (χ1) is 6.59. The highest BCUT2D eigenvalue weighted by Crippen LogP contribution is 2.37. The lowest BCUT2D eigenvalue weighted by molar-refractivity contribution is -0.138. The van der Waals surface area contributed by atoms with Crippen molar-refractivity contribution in [3.05, 3.63) is 23.7 Å². The molecule has 0 spiro atoms. The van der Waals surface area contributed by atoms with Crippen LogP contribution < -0.4 is 5.32 Å². The van der Waals surface area contributed by atoms with Crippen LogP contribution in [0.1, 0.15) is 30.0 Å². The third-order valence-corrected chi connectivity index (χ3v) is 2.43. The van der Waals surface area contributed by atoms with Crippen LogP contribution in [0.2, 0.25) is 0 Å². The Bertz CT molecular complexity index is 312. The highest BCUT2D eigenvalue weighted by atomic mass is 19.4. The van der Waals surface area contributed by atoms with E-state index in [-0.39, 0.29) is 11.6 Å². The Kier molecular flexibility index (Phi) is 2.26. The number of hydrogen-bond donors (Lipinski definition) is 1. The molecule has 0 bridgehead atoms. The Morgan fingerprint density at radius 1 is 1.36 bits per heavy atom. The second kappa shape index (κ2) is 3.31. The van der Waals surface area contributed by atoms with E-state index in [0.717, 1.165) is 25.6 Å². The van der Waals surface area contributed by atoms with Crippen LogP contribution in [0.25, 0.3) is 0 Å². The molecule has 1 atom stereocenters. The Morgan fingerprint density at radius 3 is 2.71 bits per heavy atom. The van der Waals surface area contributed by atoms with E-state index < -0.39 is 11.7 Å². The average Bonchev–Trinajstić information content (AvgIpc) is 2.73. The van der Waals surface area contributed by atoms with E-state index in [0.29, 0.717) is 0 Å². The van der Waals surface area contributed by atoms with Gasteiger partial charge in [0.05, 0.1) is 11.8 Å². The van der Waals surface area contributed by atoms with Gasteiger partial charge >= 0.3 is 6.18 Å². The van der Waals surface area contributed by atoms with Crippen LogP contribution in [0, 0.1) is 0 Å². The molecule has 1 saturated heterocycles. The maximum absolute atomic E-state index is 12.4. The zero-order valence-corrected chi connectivity index (χ0v) is 7.40. The summed E-state index contributed by atoms with van der Waals surface area (Å²) in [5, 5.41) is 3.01. The summed E-state index contributed by atoms with van der Waals surface area (Å²) in [6.45, 7) is 0.771. The molecule has 2 heterocycles. The Balaban J connectivity index is 2.29. The van der Waals surface area contributed by atoms with Crippen LogP contribution >= 0.6 is 0 Å². The van der Waals surface area contributed by atoms with Crippen LogP contribution in [-0.4, -0.2) is 6.54 Å². The van der Waals surface area contributed by atoms with Gasteiger partial charge in [-0.2, -0.15) is 13.2 Å². The van der Waals surface area contributed by atoms with E-state index in [1.807, 2.05) is 0 Å². The van der Waals surface area contributed by atoms with Gasteiger partial charge in [0.1, 0.15) is 6.26 Å². The van der Waals surface area contributed by atoms with Crippen molar-refractivity contribution in [1.29, 1.82) is 0 Å². The van der Waals surface area contributed by atoms with E-state index in [2.05, 4.69) is 9.73 Å². The molecule has 1 aliphatic heterocycles. The predicted molar refractivity (Wildman–Crippen MR) is 43.7 cm³/mol. The molecule has 0 saturated carbocycles. The highest BCUT2D eigenvalue weighted by molar-refractivity contribution is 5.28. The van der Waals surface area contributed by atoms with Gasteiger partial charge < -0.3 is 9.73 Å². The average molecular weight is 205 g/mol. The topological polar surface area (TPSA) is 25.2 Å². The quantitative estimate of drug-likeness (QED) is 0.762. The SMILES string of the molecule is FC(F)(F)c1cocc1C1CCCN1. The van der Waals surface area contributed by atoms with E-state index in [1.165, 1.54) is 6.26 Å². The molecule has 78 valence electrons. The summed E-state index contributed by atoms with van der Waals surface area (Å²) in [5.41, 5.74) is -0.424. The number of halogens is 3. The largest absolute Gasteiger partial charge is 0.472 e. The fraction of sp³-hybridized carbons (Fsp3) is 0.556. The van der Waals surface area contributed by atoms with Gasteiger partial charge in [0.15, 0.2) is 0 Å². The molecular formula is C9H10F3NO. The lowest BCUT2D eigenvalue weighted by Gasteiger charge is -2.12. The lowest BCUT2D eigenvalue weighted by atomic mass is 10.0. The van der Waals surface area contributed by atoms with Crippen LogP contribution in [0.4, 0.5) is 13.2 Å². The van der Waals surface area contributed by atoms with Crippen molar-refractivity contribution in [2.24, 2.45) is 0 Å². The zero-order chi connectivity index (χ0) is 10.2. The van der Waals surface area contributed by atoms with Gasteiger partial charge in [-0.3, -0.25) is 0 Å². The molecular weight excluding hydrogens is 195 g/mol. The second-order valence-electron chi connectivity index (χ2n) is 3.39. The molecule has 1 fully saturated rings. The standard InChI is InChI=1S/C9H10F3NO/c10-9(11,12)7-5-14-4-6(7)8-2-1-3-13-8/h4-5,8,13H,1-3H2. The minimum atomic E-state index is -4.31. The monoisotopic (exact) mass is 205 g/mol. The third kappa shape index (κ3) is 1.64. The molecule has 2 rings (SSSR count). The molecule has 0 radical (unpaired) electrons. The summed E-state index contributed by atoms with van der Waals surface area (Å²) in [5.74, 6) is 0. The van der Waals surface area contributed by atoms with Crippen molar-refractivity contribution in [1.82, 2.24) is 5.32 Å². The van der Waals surface area contributed by atoms with Crippen molar-refractivity contribution in [3.63, 3.8) is 0 Å². The van der Waals surface area contributed by atoms with Gasteiger partial charge in [0.25, 0.3) is 0 Å². The van der Waals surface area contributed by atoms with Crippen molar-refractivity contribution in [2.75, 3.05) is 6.54 Å². The van der Waals surface area contributed by atoms with E-state index >= 15 is 0 Å². The molecule has 2 nitrogen and oxygen atoms in total. The Hall–Kier alpha value is -0.970. The summed E-state index contributed by atoms with van der Waals surface area (Å²) in [6.07, 6.45) is -0.705. The lowest BCUT2D eigenvalue weighted by Crippen LogP contribution is -2.16. The Labute approximate surface area is 79.1 Å². The maximum Gasteiger partial charge on any atom is 0.419 e. The molecule has 0 aromatic carbocycles. The smallest absolute Gasteiger partial charge is 0.419 e. The molecule has 0 aliphatic carbocycles. The van der Waals surface area contributed by atoms with Gasteiger partial charge in [-0.1, -0.05) is 0 Å². The summed E-state index contributed by atoms with van der Waals surface area (Å²) in [7, 11) is 0. The van der Waals surface area contributed by atoms with Gasteiger partial charge in [-0.05, 0) is 19.4 Å². The van der Waals surface area contributed by atoms with E-state index in [1.54, 1.807) is 0 Å². The molecule has 1 aliphatic rings. The number of alkyl halides is 3. The fourth-order valence-electron chi connectivity index (χ4n) is 1.76. The molecule has 14 heavy (non-hydrogen) atoms. The van der Waals surface area contributed by atoms with Crippen LogP contribution in [0.3, 0.4) is 0 Å². The molecule has 1 aromatic heterocycles. The molecule has 5 heteroatoms. The van der Waals surface area contributed by atoms with Crippen molar-refractivity contribution in [3.8, 4) is 0 Å². The summed E-state index contributed by atoms with van der Waals surface area (Å²) in [6, 6.07) is -0.203. The summed E-state index contributed by atoms with van der Waals surface area (Å²) >= 11 is 0. The maximum atomic E-state index is 12.4. The molecule has 1 N–H and O–H groups in total. The normalized spacial score (nSPS) is 22.9. The number of hydrogen-bond acceptors (Lipinski definition) is 2. The van der Waals surface area contributed by atoms with Gasteiger partial charge in [-0.15, -0.1) is 0 Å². The van der Waals surface area contributed by atoms with Gasteiger partial charge in [0, 0.05) is 11.6 Å². The van der Waals surface area contributed by atoms with E-state index in [9.17, 15) is 13.2 Å². The highest BCUT2D eigenvalue weighted by Gasteiger charge is 2.37. The number of nitrogens with one attached hydrogen (secondary N) is 1. The van der Waals surface area contributed by atoms with Crippen LogP contribution in [-0.2, 0) is 6.18 Å². The predicted octanol–water partition coefficient (Wildman–Crippen LogP) is 2.72. The third-order valence-electron chi connectivity index (χ3n) is 2.43. The first kappa shape index (κ1) is 9.58. The second-order valence-corrected chi connectivity index (χ2v) is 3.39. The fourth-order valence-corrected chi connectivity index (χ4v) is 1.76. The molecule has 1 aromatic rings. The van der Waals surface area contributed by atoms with Crippen molar-refractivity contribution < 1.29 is 17.6 Å². The summed E-state index contributed by atoms with van der Waals surface area (Å²) < 4.78 is 42.0. The number of rotatable bonds is 1. The first-order valence-electron chi connectivity index (χ1n) is 4.45. The van der Waals surface area contributed by atoms with Gasteiger partial charge in [0.2, 0.25) is 0 Å². The van der Waals surface area contributed by atoms with Crippen LogP contribution in [0.5, 0.6) is 0 Å².